The second kappa shape index (κ2) is 9.06. The van der Waals surface area contributed by atoms with Gasteiger partial charge in [-0.2, -0.15) is 0 Å². The van der Waals surface area contributed by atoms with Gasteiger partial charge in [0.15, 0.2) is 0 Å². The van der Waals surface area contributed by atoms with E-state index in [1.54, 1.807) is 36.2 Å². The average Bonchev–Trinajstić information content (AvgIpc) is 3.30. The fourth-order valence-corrected chi connectivity index (χ4v) is 3.50. The third kappa shape index (κ3) is 4.70. The number of likely N-dealkylation sites (N-methyl/N-ethyl adjacent to an activating group) is 1. The molecule has 1 atom stereocenters. The molecule has 0 fully saturated rings. The lowest BCUT2D eigenvalue weighted by Crippen LogP contribution is -2.36. The highest BCUT2D eigenvalue weighted by Gasteiger charge is 2.19. The average molecular weight is 428 g/mol. The van der Waals surface area contributed by atoms with E-state index >= 15 is 0 Å². The number of phenolic OH excluding ortho intramolecular Hbond substituents is 1. The minimum Gasteiger partial charge on any atom is -0.508 e. The lowest BCUT2D eigenvalue weighted by Gasteiger charge is -2.25. The van der Waals surface area contributed by atoms with Crippen LogP contribution < -0.4 is 0 Å². The Balaban J connectivity index is 1.45. The van der Waals surface area contributed by atoms with Crippen molar-refractivity contribution in [3.05, 3.63) is 89.5 Å². The number of aromatic hydroxyl groups is 1. The summed E-state index contributed by atoms with van der Waals surface area (Å²) in [5.74, 6) is 1.05. The molecule has 3 aromatic carbocycles. The summed E-state index contributed by atoms with van der Waals surface area (Å²) in [6.45, 7) is 4.02. The van der Waals surface area contributed by atoms with E-state index in [0.29, 0.717) is 23.8 Å². The van der Waals surface area contributed by atoms with Gasteiger partial charge in [0.1, 0.15) is 5.75 Å². The Kier molecular flexibility index (Phi) is 6.03. The second-order valence-corrected chi connectivity index (χ2v) is 7.99. The fraction of sp³-hybridized carbons (Fsp3) is 0.192. The van der Waals surface area contributed by atoms with Crippen LogP contribution >= 0.6 is 0 Å². The van der Waals surface area contributed by atoms with Gasteiger partial charge in [0.05, 0.1) is 0 Å². The highest BCUT2D eigenvalue weighted by atomic mass is 16.4. The molecule has 0 saturated heterocycles. The van der Waals surface area contributed by atoms with Crippen LogP contribution in [-0.2, 0) is 6.42 Å². The van der Waals surface area contributed by atoms with Gasteiger partial charge in [-0.05, 0) is 74.4 Å². The van der Waals surface area contributed by atoms with Crippen LogP contribution in [0.5, 0.6) is 5.75 Å². The molecule has 0 saturated carbocycles. The zero-order valence-corrected chi connectivity index (χ0v) is 18.3. The second-order valence-electron chi connectivity index (χ2n) is 7.99. The first-order chi connectivity index (χ1) is 15.4. The highest BCUT2D eigenvalue weighted by molar-refractivity contribution is 5.94. The summed E-state index contributed by atoms with van der Waals surface area (Å²) in [6.07, 6.45) is 0.699. The van der Waals surface area contributed by atoms with Crippen LogP contribution in [0.2, 0.25) is 0 Å². The predicted octanol–water partition coefficient (Wildman–Crippen LogP) is 5.12. The van der Waals surface area contributed by atoms with Crippen molar-refractivity contribution in [2.24, 2.45) is 0 Å². The van der Waals surface area contributed by atoms with Crippen molar-refractivity contribution in [2.45, 2.75) is 26.3 Å². The maximum Gasteiger partial charge on any atom is 0.253 e. The van der Waals surface area contributed by atoms with Gasteiger partial charge in [-0.1, -0.05) is 29.8 Å². The molecule has 0 aliphatic carbocycles. The Morgan fingerprint density at radius 1 is 0.969 bits per heavy atom. The van der Waals surface area contributed by atoms with Crippen molar-refractivity contribution >= 4 is 5.91 Å². The number of carbonyl (C=O) groups is 1. The van der Waals surface area contributed by atoms with E-state index in [-0.39, 0.29) is 17.7 Å². The summed E-state index contributed by atoms with van der Waals surface area (Å²) < 4.78 is 5.84. The van der Waals surface area contributed by atoms with E-state index in [2.05, 4.69) is 10.2 Å². The molecule has 1 unspecified atom stereocenters. The van der Waals surface area contributed by atoms with Gasteiger partial charge < -0.3 is 14.4 Å². The number of hydrogen-bond donors (Lipinski definition) is 1. The quantitative estimate of drug-likeness (QED) is 0.462. The standard InChI is InChI=1S/C26H25N3O3/c1-17-5-4-6-22(15-17)25-28-27-24(32-25)20-9-11-21(12-10-20)26(31)29(3)18(2)16-19-7-13-23(30)14-8-19/h4-15,18,30H,16H2,1-3H3. The lowest BCUT2D eigenvalue weighted by atomic mass is 10.0. The number of carbonyl (C=O) groups excluding carboxylic acids is 1. The Hall–Kier alpha value is -3.93. The number of rotatable bonds is 6. The van der Waals surface area contributed by atoms with E-state index in [4.69, 9.17) is 4.42 Å². The van der Waals surface area contributed by atoms with E-state index in [1.165, 1.54) is 0 Å². The summed E-state index contributed by atoms with van der Waals surface area (Å²) >= 11 is 0. The van der Waals surface area contributed by atoms with Crippen LogP contribution in [0.25, 0.3) is 22.9 Å². The summed E-state index contributed by atoms with van der Waals surface area (Å²) in [7, 11) is 1.80. The van der Waals surface area contributed by atoms with E-state index in [9.17, 15) is 9.90 Å². The Morgan fingerprint density at radius 2 is 1.62 bits per heavy atom. The van der Waals surface area contributed by atoms with Crippen LogP contribution in [0.3, 0.4) is 0 Å². The predicted molar refractivity (Wildman–Crippen MR) is 123 cm³/mol. The van der Waals surface area contributed by atoms with Gasteiger partial charge >= 0.3 is 0 Å². The fourth-order valence-electron chi connectivity index (χ4n) is 3.50. The molecule has 6 nitrogen and oxygen atoms in total. The van der Waals surface area contributed by atoms with Gasteiger partial charge in [-0.3, -0.25) is 4.79 Å². The Labute approximate surface area is 187 Å². The Morgan fingerprint density at radius 3 is 2.28 bits per heavy atom. The molecule has 1 aromatic heterocycles. The molecule has 32 heavy (non-hydrogen) atoms. The molecule has 0 bridgehead atoms. The van der Waals surface area contributed by atoms with E-state index < -0.39 is 0 Å². The Bertz CT molecular complexity index is 1210. The maximum absolute atomic E-state index is 12.9. The molecule has 6 heteroatoms. The number of nitrogens with zero attached hydrogens (tertiary/aromatic N) is 3. The summed E-state index contributed by atoms with van der Waals surface area (Å²) in [4.78, 5) is 14.7. The summed E-state index contributed by atoms with van der Waals surface area (Å²) in [5, 5.41) is 17.7. The van der Waals surface area contributed by atoms with E-state index in [1.807, 2.05) is 62.4 Å². The number of amides is 1. The van der Waals surface area contributed by atoms with Crippen LogP contribution in [0.1, 0.15) is 28.4 Å². The first-order valence-electron chi connectivity index (χ1n) is 10.5. The molecule has 0 aliphatic heterocycles. The van der Waals surface area contributed by atoms with E-state index in [0.717, 1.165) is 22.3 Å². The molecule has 1 amide bonds. The van der Waals surface area contributed by atoms with Crippen LogP contribution in [0.15, 0.2) is 77.2 Å². The van der Waals surface area contributed by atoms with Crippen molar-refractivity contribution in [2.75, 3.05) is 7.05 Å². The molecule has 1 N–H and O–H groups in total. The zero-order valence-electron chi connectivity index (χ0n) is 18.3. The number of benzene rings is 3. The van der Waals surface area contributed by atoms with Gasteiger partial charge in [-0.25, -0.2) is 0 Å². The van der Waals surface area contributed by atoms with Gasteiger partial charge in [0.2, 0.25) is 11.8 Å². The molecule has 1 heterocycles. The SMILES string of the molecule is Cc1cccc(-c2nnc(-c3ccc(C(=O)N(C)C(C)Cc4ccc(O)cc4)cc3)o2)c1. The first kappa shape index (κ1) is 21.3. The lowest BCUT2D eigenvalue weighted by molar-refractivity contribution is 0.0743. The topological polar surface area (TPSA) is 79.5 Å². The zero-order chi connectivity index (χ0) is 22.7. The maximum atomic E-state index is 12.9. The third-order valence-corrected chi connectivity index (χ3v) is 5.52. The molecule has 0 aliphatic rings. The minimum absolute atomic E-state index is 0.000419. The van der Waals surface area contributed by atoms with Crippen molar-refractivity contribution in [3.63, 3.8) is 0 Å². The molecular weight excluding hydrogens is 402 g/mol. The molecule has 4 rings (SSSR count). The monoisotopic (exact) mass is 427 g/mol. The largest absolute Gasteiger partial charge is 0.508 e. The normalized spacial score (nSPS) is 11.8. The molecule has 4 aromatic rings. The molecular formula is C26H25N3O3. The van der Waals surface area contributed by atoms with Gasteiger partial charge in [0, 0.05) is 29.8 Å². The number of hydrogen-bond acceptors (Lipinski definition) is 5. The summed E-state index contributed by atoms with van der Waals surface area (Å²) in [6, 6.07) is 22.1. The van der Waals surface area contributed by atoms with Gasteiger partial charge in [0.25, 0.3) is 5.91 Å². The van der Waals surface area contributed by atoms with Crippen molar-refractivity contribution in [1.82, 2.24) is 15.1 Å². The van der Waals surface area contributed by atoms with Crippen molar-refractivity contribution < 1.29 is 14.3 Å². The van der Waals surface area contributed by atoms with Crippen molar-refractivity contribution in [1.29, 1.82) is 0 Å². The number of phenols is 1. The van der Waals surface area contributed by atoms with Crippen LogP contribution in [0.4, 0.5) is 0 Å². The smallest absolute Gasteiger partial charge is 0.253 e. The van der Waals surface area contributed by atoms with Gasteiger partial charge in [-0.15, -0.1) is 10.2 Å². The number of aryl methyl sites for hydroxylation is 1. The van der Waals surface area contributed by atoms with Crippen molar-refractivity contribution in [3.8, 4) is 28.7 Å². The summed E-state index contributed by atoms with van der Waals surface area (Å²) in [5.41, 5.74) is 4.40. The minimum atomic E-state index is -0.0613. The molecule has 162 valence electrons. The molecule has 0 spiro atoms. The molecule has 0 radical (unpaired) electrons. The third-order valence-electron chi connectivity index (χ3n) is 5.52. The highest BCUT2D eigenvalue weighted by Crippen LogP contribution is 2.25. The van der Waals surface area contributed by atoms with Crippen LogP contribution in [0, 0.1) is 6.92 Å². The number of aromatic nitrogens is 2. The first-order valence-corrected chi connectivity index (χ1v) is 10.5. The van der Waals surface area contributed by atoms with Crippen LogP contribution in [-0.4, -0.2) is 39.2 Å².